The number of hydrogen-bond acceptors (Lipinski definition) is 3. The summed E-state index contributed by atoms with van der Waals surface area (Å²) in [7, 11) is 0. The Hall–Kier alpha value is -2.08. The van der Waals surface area contributed by atoms with Crippen molar-refractivity contribution in [2.75, 3.05) is 6.54 Å². The molecule has 0 fully saturated rings. The third kappa shape index (κ3) is 4.75. The summed E-state index contributed by atoms with van der Waals surface area (Å²) in [4.78, 5) is 15.7. The van der Waals surface area contributed by atoms with Crippen LogP contribution in [0.25, 0.3) is 0 Å². The molecule has 1 aromatic heterocycles. The second-order valence-corrected chi connectivity index (χ2v) is 5.06. The zero-order chi connectivity index (χ0) is 15.1. The Kier molecular flexibility index (Phi) is 5.57. The van der Waals surface area contributed by atoms with Gasteiger partial charge in [0.25, 0.3) is 0 Å². The molecule has 1 aromatic carbocycles. The van der Waals surface area contributed by atoms with Crippen LogP contribution in [0.4, 0.5) is 4.79 Å². The van der Waals surface area contributed by atoms with Gasteiger partial charge < -0.3 is 10.6 Å². The molecule has 6 nitrogen and oxygen atoms in total. The standard InChI is InChI=1S/C14H18ClN5O/c1-11(12-5-2-3-6-13(12)15)19-14(21)17-7-4-8-20-10-16-9-18-20/h2-3,5-6,9-11H,4,7-8H2,1H3,(H2,17,19,21). The van der Waals surface area contributed by atoms with Gasteiger partial charge in [-0.1, -0.05) is 29.8 Å². The molecular formula is C14H18ClN5O. The molecule has 21 heavy (non-hydrogen) atoms. The van der Waals surface area contributed by atoms with Crippen LogP contribution in [0.5, 0.6) is 0 Å². The molecule has 0 aliphatic carbocycles. The smallest absolute Gasteiger partial charge is 0.315 e. The summed E-state index contributed by atoms with van der Waals surface area (Å²) in [5, 5.41) is 10.3. The van der Waals surface area contributed by atoms with Crippen LogP contribution in [-0.2, 0) is 6.54 Å². The first-order valence-electron chi connectivity index (χ1n) is 6.78. The van der Waals surface area contributed by atoms with E-state index in [0.29, 0.717) is 11.6 Å². The highest BCUT2D eigenvalue weighted by Crippen LogP contribution is 2.21. The SMILES string of the molecule is CC(NC(=O)NCCCn1cncn1)c1ccccc1Cl. The van der Waals surface area contributed by atoms with Gasteiger partial charge in [-0.3, -0.25) is 4.68 Å². The summed E-state index contributed by atoms with van der Waals surface area (Å²) in [6.45, 7) is 3.19. The zero-order valence-electron chi connectivity index (χ0n) is 11.8. The predicted octanol–water partition coefficient (Wildman–Crippen LogP) is 2.38. The van der Waals surface area contributed by atoms with Gasteiger partial charge in [0.05, 0.1) is 6.04 Å². The third-order valence-corrected chi connectivity index (χ3v) is 3.38. The van der Waals surface area contributed by atoms with Crippen molar-refractivity contribution in [3.8, 4) is 0 Å². The quantitative estimate of drug-likeness (QED) is 0.805. The summed E-state index contributed by atoms with van der Waals surface area (Å²) in [6, 6.07) is 7.12. The van der Waals surface area contributed by atoms with E-state index in [1.54, 1.807) is 11.0 Å². The number of benzene rings is 1. The van der Waals surface area contributed by atoms with E-state index in [1.807, 2.05) is 31.2 Å². The predicted molar refractivity (Wildman–Crippen MR) is 81.0 cm³/mol. The number of nitrogens with zero attached hydrogens (tertiary/aromatic N) is 3. The van der Waals surface area contributed by atoms with Crippen molar-refractivity contribution >= 4 is 17.6 Å². The number of halogens is 1. The fourth-order valence-electron chi connectivity index (χ4n) is 1.94. The maximum absolute atomic E-state index is 11.8. The van der Waals surface area contributed by atoms with Gasteiger partial charge in [0.2, 0.25) is 0 Å². The Morgan fingerprint density at radius 2 is 2.24 bits per heavy atom. The van der Waals surface area contributed by atoms with Crippen molar-refractivity contribution in [2.24, 2.45) is 0 Å². The number of carbonyl (C=O) groups excluding carboxylic acids is 1. The van der Waals surface area contributed by atoms with Crippen LogP contribution in [-0.4, -0.2) is 27.3 Å². The van der Waals surface area contributed by atoms with Crippen molar-refractivity contribution in [1.29, 1.82) is 0 Å². The molecule has 1 atom stereocenters. The molecule has 0 aliphatic heterocycles. The number of nitrogens with one attached hydrogen (secondary N) is 2. The average molecular weight is 308 g/mol. The maximum atomic E-state index is 11.8. The lowest BCUT2D eigenvalue weighted by Gasteiger charge is -2.16. The van der Waals surface area contributed by atoms with E-state index in [0.717, 1.165) is 18.5 Å². The van der Waals surface area contributed by atoms with E-state index >= 15 is 0 Å². The molecule has 2 N–H and O–H groups in total. The van der Waals surface area contributed by atoms with Gasteiger partial charge >= 0.3 is 6.03 Å². The Morgan fingerprint density at radius 3 is 2.95 bits per heavy atom. The fourth-order valence-corrected chi connectivity index (χ4v) is 2.24. The molecular weight excluding hydrogens is 290 g/mol. The molecule has 1 heterocycles. The van der Waals surface area contributed by atoms with Crippen molar-refractivity contribution in [1.82, 2.24) is 25.4 Å². The van der Waals surface area contributed by atoms with E-state index in [-0.39, 0.29) is 12.1 Å². The highest BCUT2D eigenvalue weighted by Gasteiger charge is 2.11. The van der Waals surface area contributed by atoms with Gasteiger partial charge in [0, 0.05) is 18.1 Å². The normalized spacial score (nSPS) is 11.9. The highest BCUT2D eigenvalue weighted by molar-refractivity contribution is 6.31. The maximum Gasteiger partial charge on any atom is 0.315 e. The van der Waals surface area contributed by atoms with Crippen LogP contribution >= 0.6 is 11.6 Å². The Balaban J connectivity index is 1.70. The number of carbonyl (C=O) groups is 1. The van der Waals surface area contributed by atoms with E-state index in [4.69, 9.17) is 11.6 Å². The number of rotatable bonds is 6. The molecule has 112 valence electrons. The number of amides is 2. The third-order valence-electron chi connectivity index (χ3n) is 3.04. The summed E-state index contributed by atoms with van der Waals surface area (Å²) in [5.74, 6) is 0. The van der Waals surface area contributed by atoms with Crippen LogP contribution in [0.2, 0.25) is 5.02 Å². The number of aromatic nitrogens is 3. The molecule has 0 radical (unpaired) electrons. The molecule has 0 aliphatic rings. The molecule has 0 saturated carbocycles. The van der Waals surface area contributed by atoms with Gasteiger partial charge in [-0.25, -0.2) is 9.78 Å². The molecule has 2 aromatic rings. The first kappa shape index (κ1) is 15.3. The van der Waals surface area contributed by atoms with Crippen LogP contribution in [0.3, 0.4) is 0 Å². The summed E-state index contributed by atoms with van der Waals surface area (Å²) >= 11 is 6.10. The molecule has 0 bridgehead atoms. The molecule has 2 amide bonds. The second kappa shape index (κ2) is 7.64. The molecule has 0 saturated heterocycles. The zero-order valence-corrected chi connectivity index (χ0v) is 12.5. The van der Waals surface area contributed by atoms with Gasteiger partial charge in [0.1, 0.15) is 12.7 Å². The van der Waals surface area contributed by atoms with E-state index < -0.39 is 0 Å². The van der Waals surface area contributed by atoms with Crippen LogP contribution in [0.15, 0.2) is 36.9 Å². The minimum Gasteiger partial charge on any atom is -0.338 e. The summed E-state index contributed by atoms with van der Waals surface area (Å²) < 4.78 is 1.73. The summed E-state index contributed by atoms with van der Waals surface area (Å²) in [5.41, 5.74) is 0.900. The average Bonchev–Trinajstić information content (AvgIpc) is 2.97. The minimum atomic E-state index is -0.207. The van der Waals surface area contributed by atoms with Crippen molar-refractivity contribution in [3.05, 3.63) is 47.5 Å². The van der Waals surface area contributed by atoms with E-state index in [9.17, 15) is 4.79 Å². The minimum absolute atomic E-state index is 0.144. The first-order valence-corrected chi connectivity index (χ1v) is 7.16. The van der Waals surface area contributed by atoms with Crippen molar-refractivity contribution in [3.63, 3.8) is 0 Å². The van der Waals surface area contributed by atoms with Crippen molar-refractivity contribution < 1.29 is 4.79 Å². The topological polar surface area (TPSA) is 71.8 Å². The van der Waals surface area contributed by atoms with Crippen molar-refractivity contribution in [2.45, 2.75) is 25.9 Å². The van der Waals surface area contributed by atoms with E-state index in [2.05, 4.69) is 20.7 Å². The van der Waals surface area contributed by atoms with Gasteiger partial charge in [-0.05, 0) is 25.0 Å². The number of urea groups is 1. The Morgan fingerprint density at radius 1 is 1.43 bits per heavy atom. The number of aryl methyl sites for hydroxylation is 1. The monoisotopic (exact) mass is 307 g/mol. The first-order chi connectivity index (χ1) is 10.2. The number of hydrogen-bond donors (Lipinski definition) is 2. The molecule has 7 heteroatoms. The summed E-state index contributed by atoms with van der Waals surface area (Å²) in [6.07, 6.45) is 3.93. The van der Waals surface area contributed by atoms with Gasteiger partial charge in [-0.2, -0.15) is 5.10 Å². The highest BCUT2D eigenvalue weighted by atomic mass is 35.5. The van der Waals surface area contributed by atoms with E-state index in [1.165, 1.54) is 6.33 Å². The lowest BCUT2D eigenvalue weighted by atomic mass is 10.1. The lowest BCUT2D eigenvalue weighted by Crippen LogP contribution is -2.37. The van der Waals surface area contributed by atoms with Gasteiger partial charge in [-0.15, -0.1) is 0 Å². The van der Waals surface area contributed by atoms with Gasteiger partial charge in [0.15, 0.2) is 0 Å². The largest absolute Gasteiger partial charge is 0.338 e. The fraction of sp³-hybridized carbons (Fsp3) is 0.357. The van der Waals surface area contributed by atoms with Crippen LogP contribution in [0.1, 0.15) is 24.9 Å². The van der Waals surface area contributed by atoms with Crippen LogP contribution < -0.4 is 10.6 Å². The molecule has 2 rings (SSSR count). The Bertz CT molecular complexity index is 573. The Labute approximate surface area is 128 Å². The molecule has 1 unspecified atom stereocenters. The second-order valence-electron chi connectivity index (χ2n) is 4.66. The van der Waals surface area contributed by atoms with Crippen LogP contribution in [0, 0.1) is 0 Å². The lowest BCUT2D eigenvalue weighted by molar-refractivity contribution is 0.237. The molecule has 0 spiro atoms.